The van der Waals surface area contributed by atoms with E-state index in [2.05, 4.69) is 396 Å². The lowest BCUT2D eigenvalue weighted by molar-refractivity contribution is 0.590. The Labute approximate surface area is 544 Å². The molecule has 0 unspecified atom stereocenters. The van der Waals surface area contributed by atoms with Crippen LogP contribution in [0.5, 0.6) is 0 Å². The van der Waals surface area contributed by atoms with Crippen LogP contribution >= 0.6 is 0 Å². The van der Waals surface area contributed by atoms with Gasteiger partial charge in [-0.2, -0.15) is 0 Å². The van der Waals surface area contributed by atoms with Crippen molar-refractivity contribution in [1.29, 1.82) is 0 Å². The van der Waals surface area contributed by atoms with Gasteiger partial charge in [-0.3, -0.25) is 0 Å². The second kappa shape index (κ2) is 23.3. The van der Waals surface area contributed by atoms with Crippen molar-refractivity contribution in [2.45, 2.75) is 63.2 Å². The monoisotopic (exact) mass is 1180 g/mol. The second-order valence-corrected chi connectivity index (χ2v) is 26.8. The van der Waals surface area contributed by atoms with Gasteiger partial charge in [-0.25, -0.2) is 0 Å². The fraction of sp³-hybridized carbons (Fsp3) is 0.114. The molecular weight excluding hydrogens is 1110 g/mol. The standard InChI is InChI=1S/C88H74BN3/c1-85(2,3)71-51-57-80-78(59-71)89-79-60-72(86(4,5)6)52-58-81(79)92(76-55-49-70(50-56-76)88(66-37-21-10-22-38-66,67-39-23-11-24-40-67)68-41-25-12-26-42-68)83-62-77(90(73-43-27-13-28-44-73)74-45-29-14-30-46-74)61-82(84(83)89)91(80)75-53-47-69(48-54-75)87(63-31-15-7-16-32-63,64-33-17-8-18-34-64)65-35-19-9-20-36-65/h7-62H,1-6H3. The molecule has 13 aromatic carbocycles. The van der Waals surface area contributed by atoms with Gasteiger partial charge in [0.05, 0.1) is 16.5 Å². The van der Waals surface area contributed by atoms with E-state index < -0.39 is 10.8 Å². The van der Waals surface area contributed by atoms with Crippen molar-refractivity contribution in [2.24, 2.45) is 0 Å². The summed E-state index contributed by atoms with van der Waals surface area (Å²) >= 11 is 0. The fourth-order valence-corrected chi connectivity index (χ4v) is 15.1. The Morgan fingerprint density at radius 1 is 0.239 bits per heavy atom. The molecule has 92 heavy (non-hydrogen) atoms. The number of para-hydroxylation sites is 2. The number of anilines is 9. The van der Waals surface area contributed by atoms with Gasteiger partial charge in [0.15, 0.2) is 0 Å². The summed E-state index contributed by atoms with van der Waals surface area (Å²) in [4.78, 5) is 7.61. The molecule has 2 aliphatic heterocycles. The van der Waals surface area contributed by atoms with Crippen molar-refractivity contribution >= 4 is 74.3 Å². The number of benzene rings is 13. The molecule has 13 aromatic rings. The molecule has 0 N–H and O–H groups in total. The van der Waals surface area contributed by atoms with Crippen molar-refractivity contribution in [3.8, 4) is 0 Å². The predicted octanol–water partition coefficient (Wildman–Crippen LogP) is 20.6. The van der Waals surface area contributed by atoms with E-state index in [9.17, 15) is 0 Å². The molecule has 3 nitrogen and oxygen atoms in total. The minimum atomic E-state index is -0.618. The van der Waals surface area contributed by atoms with Gasteiger partial charge in [0.1, 0.15) is 0 Å². The van der Waals surface area contributed by atoms with Crippen LogP contribution in [-0.4, -0.2) is 6.71 Å². The molecule has 0 saturated carbocycles. The molecule has 4 heteroatoms. The van der Waals surface area contributed by atoms with E-state index in [4.69, 9.17) is 0 Å². The highest BCUT2D eigenvalue weighted by Crippen LogP contribution is 2.52. The van der Waals surface area contributed by atoms with E-state index >= 15 is 0 Å². The third kappa shape index (κ3) is 9.76. The van der Waals surface area contributed by atoms with Crippen molar-refractivity contribution in [1.82, 2.24) is 0 Å². The average molecular weight is 1180 g/mol. The highest BCUT2D eigenvalue weighted by molar-refractivity contribution is 7.00. The van der Waals surface area contributed by atoms with E-state index in [0.29, 0.717) is 0 Å². The number of nitrogens with zero attached hydrogens (tertiary/aromatic N) is 3. The highest BCUT2D eigenvalue weighted by Gasteiger charge is 2.46. The van der Waals surface area contributed by atoms with Gasteiger partial charge in [-0.1, -0.05) is 308 Å². The molecule has 0 spiro atoms. The number of rotatable bonds is 13. The first kappa shape index (κ1) is 57.7. The zero-order chi connectivity index (χ0) is 62.6. The van der Waals surface area contributed by atoms with Gasteiger partial charge in [-0.05, 0) is 156 Å². The van der Waals surface area contributed by atoms with Crippen LogP contribution in [0.3, 0.4) is 0 Å². The van der Waals surface area contributed by atoms with Crippen LogP contribution in [0.15, 0.2) is 340 Å². The Morgan fingerprint density at radius 3 is 0.761 bits per heavy atom. The number of fused-ring (bicyclic) bond motifs is 4. The number of hydrogen-bond acceptors (Lipinski definition) is 3. The van der Waals surface area contributed by atoms with Gasteiger partial charge < -0.3 is 14.7 Å². The molecule has 15 rings (SSSR count). The van der Waals surface area contributed by atoms with Crippen LogP contribution in [0.1, 0.15) is 97.2 Å². The van der Waals surface area contributed by atoms with Gasteiger partial charge in [0.2, 0.25) is 0 Å². The zero-order valence-electron chi connectivity index (χ0n) is 53.3. The van der Waals surface area contributed by atoms with Crippen LogP contribution in [0.25, 0.3) is 0 Å². The summed E-state index contributed by atoms with van der Waals surface area (Å²) in [6.45, 7) is 14.0. The lowest BCUT2D eigenvalue weighted by Crippen LogP contribution is -2.61. The maximum Gasteiger partial charge on any atom is 0.252 e. The van der Waals surface area contributed by atoms with Crippen molar-refractivity contribution in [2.75, 3.05) is 14.7 Å². The lowest BCUT2D eigenvalue weighted by atomic mass is 9.33. The Balaban J connectivity index is 1.02. The molecular formula is C88H74BN3. The first-order valence-electron chi connectivity index (χ1n) is 32.4. The molecule has 0 aliphatic carbocycles. The predicted molar refractivity (Wildman–Crippen MR) is 389 cm³/mol. The summed E-state index contributed by atoms with van der Waals surface area (Å²) in [6.07, 6.45) is 0. The summed E-state index contributed by atoms with van der Waals surface area (Å²) in [5, 5.41) is 0. The van der Waals surface area contributed by atoms with E-state index in [1.165, 1.54) is 83.4 Å². The lowest BCUT2D eigenvalue weighted by Gasteiger charge is -2.46. The van der Waals surface area contributed by atoms with E-state index in [1.807, 2.05) is 0 Å². The van der Waals surface area contributed by atoms with Crippen LogP contribution in [0.4, 0.5) is 51.2 Å². The quantitative estimate of drug-likeness (QED) is 0.0841. The largest absolute Gasteiger partial charge is 0.311 e. The van der Waals surface area contributed by atoms with Gasteiger partial charge in [0, 0.05) is 45.5 Å². The first-order valence-corrected chi connectivity index (χ1v) is 32.4. The van der Waals surface area contributed by atoms with Crippen molar-refractivity contribution in [3.63, 3.8) is 0 Å². The molecule has 444 valence electrons. The Bertz CT molecular complexity index is 4230. The maximum atomic E-state index is 2.58. The smallest absolute Gasteiger partial charge is 0.252 e. The summed E-state index contributed by atoms with van der Waals surface area (Å²) in [5.41, 5.74) is 24.6. The maximum absolute atomic E-state index is 2.58. The van der Waals surface area contributed by atoms with Crippen LogP contribution in [0.2, 0.25) is 0 Å². The zero-order valence-corrected chi connectivity index (χ0v) is 53.3. The molecule has 0 fully saturated rings. The van der Waals surface area contributed by atoms with Gasteiger partial charge >= 0.3 is 0 Å². The van der Waals surface area contributed by atoms with Crippen molar-refractivity contribution in [3.05, 3.63) is 395 Å². The topological polar surface area (TPSA) is 9.72 Å². The molecule has 2 aliphatic rings. The molecule has 0 radical (unpaired) electrons. The van der Waals surface area contributed by atoms with Crippen LogP contribution in [0, 0.1) is 0 Å². The third-order valence-electron chi connectivity index (χ3n) is 19.4. The van der Waals surface area contributed by atoms with Crippen molar-refractivity contribution < 1.29 is 0 Å². The Kier molecular flexibility index (Phi) is 14.6. The molecule has 0 bridgehead atoms. The van der Waals surface area contributed by atoms with Gasteiger partial charge in [-0.15, -0.1) is 0 Å². The summed E-state index contributed by atoms with van der Waals surface area (Å²) in [6, 6.07) is 127. The fourth-order valence-electron chi connectivity index (χ4n) is 15.1. The van der Waals surface area contributed by atoms with E-state index in [1.54, 1.807) is 0 Å². The normalized spacial score (nSPS) is 12.8. The summed E-state index contributed by atoms with van der Waals surface area (Å²) in [7, 11) is 0. The minimum Gasteiger partial charge on any atom is -0.311 e. The van der Waals surface area contributed by atoms with E-state index in [-0.39, 0.29) is 17.5 Å². The van der Waals surface area contributed by atoms with Gasteiger partial charge in [0.25, 0.3) is 6.71 Å². The van der Waals surface area contributed by atoms with Crippen LogP contribution < -0.4 is 31.1 Å². The second-order valence-electron chi connectivity index (χ2n) is 26.8. The first-order chi connectivity index (χ1) is 44.9. The number of hydrogen-bond donors (Lipinski definition) is 0. The molecule has 0 atom stereocenters. The molecule has 0 saturated heterocycles. The molecule has 2 heterocycles. The molecule has 0 aromatic heterocycles. The Morgan fingerprint density at radius 2 is 0.489 bits per heavy atom. The van der Waals surface area contributed by atoms with Crippen LogP contribution in [-0.2, 0) is 21.7 Å². The summed E-state index contributed by atoms with van der Waals surface area (Å²) < 4.78 is 0. The van der Waals surface area contributed by atoms with E-state index in [0.717, 1.165) is 39.8 Å². The third-order valence-corrected chi connectivity index (χ3v) is 19.4. The average Bonchev–Trinajstić information content (AvgIpc) is 0.699. The SMILES string of the molecule is CC(C)(C)c1ccc2c(c1)B1c3cc(C(C)(C)C)ccc3N(c3ccc(C(c4ccccc4)(c4ccccc4)c4ccccc4)cc3)c3cc(N(c4ccccc4)c4ccccc4)cc(c31)N2c1ccc(C(c2ccccc2)(c2ccccc2)c2ccccc2)cc1. The summed E-state index contributed by atoms with van der Waals surface area (Å²) in [5.74, 6) is 0. The molecule has 0 amide bonds. The minimum absolute atomic E-state index is 0.122. The Hall–Kier alpha value is -10.7. The highest BCUT2D eigenvalue weighted by atomic mass is 15.2.